The van der Waals surface area contributed by atoms with Crippen molar-refractivity contribution in [1.29, 1.82) is 0 Å². The second kappa shape index (κ2) is 5.42. The van der Waals surface area contributed by atoms with Gasteiger partial charge in [0.2, 0.25) is 0 Å². The Morgan fingerprint density at radius 2 is 1.43 bits per heavy atom. The van der Waals surface area contributed by atoms with Crippen molar-refractivity contribution in [3.05, 3.63) is 48.0 Å². The zero-order valence-electron chi connectivity index (χ0n) is 10.7. The summed E-state index contributed by atoms with van der Waals surface area (Å²) in [7, 11) is 0. The molecule has 1 rings (SSSR count). The molecule has 0 saturated heterocycles. The number of benzene rings is 1. The maximum atomic E-state index is 13.2. The van der Waals surface area contributed by atoms with Gasteiger partial charge in [0.05, 0.1) is 0 Å². The minimum atomic E-state index is -5.89. The third-order valence-corrected chi connectivity index (χ3v) is 2.57. The van der Waals surface area contributed by atoms with Gasteiger partial charge in [-0.2, -0.15) is 26.3 Å². The Balaban J connectivity index is 3.60. The van der Waals surface area contributed by atoms with Crippen molar-refractivity contribution in [3.8, 4) is 0 Å². The lowest BCUT2D eigenvalue weighted by Crippen LogP contribution is -2.56. The lowest BCUT2D eigenvalue weighted by atomic mass is 9.91. The van der Waals surface area contributed by atoms with Gasteiger partial charge < -0.3 is 4.74 Å². The third-order valence-electron chi connectivity index (χ3n) is 2.57. The lowest BCUT2D eigenvalue weighted by molar-refractivity contribution is -0.376. The van der Waals surface area contributed by atoms with Crippen LogP contribution in [0, 0.1) is 0 Å². The first-order chi connectivity index (χ1) is 9.43. The average molecular weight is 312 g/mol. The molecule has 0 amide bonds. The van der Waals surface area contributed by atoms with E-state index >= 15 is 0 Å². The number of alkyl halides is 6. The molecule has 0 atom stereocenters. The van der Waals surface area contributed by atoms with E-state index in [0.717, 1.165) is 19.1 Å². The van der Waals surface area contributed by atoms with Crippen LogP contribution < -0.4 is 0 Å². The number of carbonyl (C=O) groups is 1. The molecule has 0 bridgehead atoms. The first kappa shape index (κ1) is 17.1. The van der Waals surface area contributed by atoms with Crippen molar-refractivity contribution in [2.75, 3.05) is 0 Å². The molecule has 0 radical (unpaired) electrons. The van der Waals surface area contributed by atoms with Gasteiger partial charge in [-0.1, -0.05) is 36.9 Å². The highest BCUT2D eigenvalue weighted by atomic mass is 19.4. The van der Waals surface area contributed by atoms with Crippen LogP contribution in [0.4, 0.5) is 26.3 Å². The fraction of sp³-hybridized carbons (Fsp3) is 0.308. The summed E-state index contributed by atoms with van der Waals surface area (Å²) >= 11 is 0. The Kier molecular flexibility index (Phi) is 4.40. The van der Waals surface area contributed by atoms with E-state index in [9.17, 15) is 31.1 Å². The molecule has 0 spiro atoms. The summed E-state index contributed by atoms with van der Waals surface area (Å²) in [6.45, 7) is 3.94. The molecule has 0 heterocycles. The predicted molar refractivity (Wildman–Crippen MR) is 61.1 cm³/mol. The monoisotopic (exact) mass is 312 g/mol. The number of halogens is 6. The standard InChI is InChI=1S/C13H10F6O2/c1-8(2)10(20)21-11(12(14,15)16,13(17,18)19)9-6-4-3-5-7-9/h3-7H,1H2,2H3. The van der Waals surface area contributed by atoms with E-state index in [-0.39, 0.29) is 0 Å². The molecule has 0 aliphatic carbocycles. The molecular weight excluding hydrogens is 302 g/mol. The molecule has 8 heteroatoms. The summed E-state index contributed by atoms with van der Waals surface area (Å²) in [5.74, 6) is -1.78. The summed E-state index contributed by atoms with van der Waals surface area (Å²) in [5, 5.41) is 0. The fourth-order valence-electron chi connectivity index (χ4n) is 1.56. The largest absolute Gasteiger partial charge is 0.442 e. The first-order valence-corrected chi connectivity index (χ1v) is 5.51. The van der Waals surface area contributed by atoms with Crippen LogP contribution in [0.25, 0.3) is 0 Å². The van der Waals surface area contributed by atoms with Crippen LogP contribution in [0.3, 0.4) is 0 Å². The molecular formula is C13H10F6O2. The SMILES string of the molecule is C=C(C)C(=O)OC(c1ccccc1)(C(F)(F)F)C(F)(F)F. The smallest absolute Gasteiger partial charge is 0.431 e. The summed E-state index contributed by atoms with van der Waals surface area (Å²) in [4.78, 5) is 11.3. The van der Waals surface area contributed by atoms with E-state index in [1.54, 1.807) is 0 Å². The average Bonchev–Trinajstić information content (AvgIpc) is 2.33. The highest BCUT2D eigenvalue weighted by Crippen LogP contribution is 2.53. The molecule has 1 aromatic rings. The van der Waals surface area contributed by atoms with Crippen molar-refractivity contribution in [1.82, 2.24) is 0 Å². The van der Waals surface area contributed by atoms with Crippen LogP contribution in [0.15, 0.2) is 42.5 Å². The van der Waals surface area contributed by atoms with Gasteiger partial charge in [-0.05, 0) is 6.92 Å². The maximum absolute atomic E-state index is 13.2. The predicted octanol–water partition coefficient (Wildman–Crippen LogP) is 4.13. The van der Waals surface area contributed by atoms with Crippen LogP contribution in [0.5, 0.6) is 0 Å². The number of carbonyl (C=O) groups excluding carboxylic acids is 1. The van der Waals surface area contributed by atoms with Crippen molar-refractivity contribution >= 4 is 5.97 Å². The molecule has 2 nitrogen and oxygen atoms in total. The van der Waals surface area contributed by atoms with Gasteiger partial charge in [0.1, 0.15) is 0 Å². The molecule has 0 saturated carbocycles. The van der Waals surface area contributed by atoms with Gasteiger partial charge in [0, 0.05) is 11.1 Å². The van der Waals surface area contributed by atoms with Gasteiger partial charge in [0.15, 0.2) is 0 Å². The molecule has 0 N–H and O–H groups in total. The molecule has 0 aliphatic heterocycles. The van der Waals surface area contributed by atoms with Crippen LogP contribution in [0.1, 0.15) is 12.5 Å². The summed E-state index contributed by atoms with van der Waals surface area (Å²) < 4.78 is 82.7. The van der Waals surface area contributed by atoms with E-state index in [1.807, 2.05) is 0 Å². The second-order valence-corrected chi connectivity index (χ2v) is 4.21. The number of hydrogen-bond acceptors (Lipinski definition) is 2. The van der Waals surface area contributed by atoms with Crippen LogP contribution in [-0.4, -0.2) is 18.3 Å². The van der Waals surface area contributed by atoms with Crippen molar-refractivity contribution in [2.24, 2.45) is 0 Å². The lowest BCUT2D eigenvalue weighted by Gasteiger charge is -2.36. The molecule has 21 heavy (non-hydrogen) atoms. The second-order valence-electron chi connectivity index (χ2n) is 4.21. The molecule has 0 aliphatic rings. The van der Waals surface area contributed by atoms with E-state index in [4.69, 9.17) is 0 Å². The molecule has 116 valence electrons. The summed E-state index contributed by atoms with van der Waals surface area (Å²) in [5.41, 5.74) is -6.56. The first-order valence-electron chi connectivity index (χ1n) is 5.51. The van der Waals surface area contributed by atoms with Gasteiger partial charge in [-0.3, -0.25) is 0 Å². The minimum Gasteiger partial charge on any atom is -0.431 e. The summed E-state index contributed by atoms with van der Waals surface area (Å²) in [6.07, 6.45) is -11.8. The Hall–Kier alpha value is -1.99. The van der Waals surface area contributed by atoms with Gasteiger partial charge in [0.25, 0.3) is 0 Å². The number of esters is 1. The number of ether oxygens (including phenoxy) is 1. The van der Waals surface area contributed by atoms with E-state index in [1.165, 1.54) is 6.07 Å². The number of hydrogen-bond donors (Lipinski definition) is 0. The molecule has 0 unspecified atom stereocenters. The Bertz CT molecular complexity index is 516. The minimum absolute atomic E-state index is 0.580. The molecule has 0 fully saturated rings. The molecule has 0 aromatic heterocycles. The zero-order chi connectivity index (χ0) is 16.5. The normalized spacial score (nSPS) is 12.9. The maximum Gasteiger partial charge on any atom is 0.442 e. The highest BCUT2D eigenvalue weighted by molar-refractivity contribution is 5.87. The third kappa shape index (κ3) is 3.03. The van der Waals surface area contributed by atoms with Crippen LogP contribution >= 0.6 is 0 Å². The van der Waals surface area contributed by atoms with Gasteiger partial charge in [-0.15, -0.1) is 0 Å². The van der Waals surface area contributed by atoms with Gasteiger partial charge >= 0.3 is 23.9 Å². The fourth-order valence-corrected chi connectivity index (χ4v) is 1.56. The van der Waals surface area contributed by atoms with Gasteiger partial charge in [-0.25, -0.2) is 4.79 Å². The number of rotatable bonds is 3. The Labute approximate surface area is 116 Å². The van der Waals surface area contributed by atoms with Crippen LogP contribution in [-0.2, 0) is 15.1 Å². The highest BCUT2D eigenvalue weighted by Gasteiger charge is 2.75. The molecule has 1 aromatic carbocycles. The van der Waals surface area contributed by atoms with Crippen molar-refractivity contribution in [3.63, 3.8) is 0 Å². The van der Waals surface area contributed by atoms with E-state index in [0.29, 0.717) is 12.1 Å². The van der Waals surface area contributed by atoms with E-state index in [2.05, 4.69) is 11.3 Å². The van der Waals surface area contributed by atoms with Crippen molar-refractivity contribution in [2.45, 2.75) is 24.9 Å². The quantitative estimate of drug-likeness (QED) is 0.477. The summed E-state index contributed by atoms with van der Waals surface area (Å²) in [6, 6.07) is 4.38. The Morgan fingerprint density at radius 3 is 1.76 bits per heavy atom. The Morgan fingerprint density at radius 1 is 1.00 bits per heavy atom. The van der Waals surface area contributed by atoms with Crippen LogP contribution in [0.2, 0.25) is 0 Å². The van der Waals surface area contributed by atoms with Crippen molar-refractivity contribution < 1.29 is 35.9 Å². The van der Waals surface area contributed by atoms with E-state index < -0.39 is 35.1 Å². The zero-order valence-corrected chi connectivity index (χ0v) is 10.7. The topological polar surface area (TPSA) is 26.3 Å².